The summed E-state index contributed by atoms with van der Waals surface area (Å²) in [6, 6.07) is 11.9. The molecule has 108 valence electrons. The second-order valence-electron chi connectivity index (χ2n) is 4.89. The minimum atomic E-state index is 0.267. The summed E-state index contributed by atoms with van der Waals surface area (Å²) >= 11 is 0. The van der Waals surface area contributed by atoms with Crippen molar-refractivity contribution in [1.29, 1.82) is 0 Å². The van der Waals surface area contributed by atoms with Crippen molar-refractivity contribution in [2.75, 3.05) is 0 Å². The number of hydrogen-bond acceptors (Lipinski definition) is 5. The van der Waals surface area contributed by atoms with Crippen LogP contribution in [0.2, 0.25) is 0 Å². The molecule has 2 heterocycles. The van der Waals surface area contributed by atoms with Crippen LogP contribution in [-0.2, 0) is 13.1 Å². The van der Waals surface area contributed by atoms with Gasteiger partial charge in [-0.05, 0) is 25.1 Å². The normalized spacial score (nSPS) is 12.4. The first-order chi connectivity index (χ1) is 10.3. The van der Waals surface area contributed by atoms with Crippen LogP contribution in [0, 0.1) is 0 Å². The number of benzene rings is 1. The quantitative estimate of drug-likeness (QED) is 0.750. The van der Waals surface area contributed by atoms with Gasteiger partial charge in [-0.15, -0.1) is 0 Å². The van der Waals surface area contributed by atoms with Crippen LogP contribution in [0.4, 0.5) is 0 Å². The van der Waals surface area contributed by atoms with E-state index in [2.05, 4.69) is 27.5 Å². The fraction of sp³-hybridized carbons (Fsp3) is 0.267. The highest BCUT2D eigenvalue weighted by Crippen LogP contribution is 2.15. The van der Waals surface area contributed by atoms with Crippen molar-refractivity contribution in [2.45, 2.75) is 26.1 Å². The van der Waals surface area contributed by atoms with Crippen LogP contribution in [0.25, 0.3) is 11.5 Å². The number of nitrogens with zero attached hydrogens (tertiary/aromatic N) is 4. The minimum Gasteiger partial charge on any atom is -0.334 e. The van der Waals surface area contributed by atoms with Gasteiger partial charge < -0.3 is 9.84 Å². The second kappa shape index (κ2) is 6.32. The average Bonchev–Trinajstić information content (AvgIpc) is 3.17. The summed E-state index contributed by atoms with van der Waals surface area (Å²) in [4.78, 5) is 4.39. The summed E-state index contributed by atoms with van der Waals surface area (Å²) in [6.45, 7) is 3.47. The molecule has 1 N–H and O–H groups in total. The molecule has 0 spiro atoms. The molecule has 0 fully saturated rings. The topological polar surface area (TPSA) is 68.8 Å². The first-order valence-corrected chi connectivity index (χ1v) is 6.90. The molecule has 6 nitrogen and oxygen atoms in total. The van der Waals surface area contributed by atoms with Crippen molar-refractivity contribution in [3.63, 3.8) is 0 Å². The lowest BCUT2D eigenvalue weighted by atomic mass is 10.2. The van der Waals surface area contributed by atoms with E-state index >= 15 is 0 Å². The summed E-state index contributed by atoms with van der Waals surface area (Å²) in [5.41, 5.74) is 0.931. The molecule has 2 aromatic heterocycles. The third kappa shape index (κ3) is 3.55. The lowest BCUT2D eigenvalue weighted by Gasteiger charge is -2.11. The standard InChI is InChI=1S/C15H17N5O/c1-12(11-20-9-5-8-17-20)16-10-14-18-15(21-19-14)13-6-3-2-4-7-13/h2-9,12,16H,10-11H2,1H3. The van der Waals surface area contributed by atoms with Crippen molar-refractivity contribution >= 4 is 0 Å². The van der Waals surface area contributed by atoms with E-state index in [0.717, 1.165) is 12.1 Å². The van der Waals surface area contributed by atoms with Gasteiger partial charge in [0.05, 0.1) is 13.1 Å². The molecular formula is C15H17N5O. The van der Waals surface area contributed by atoms with Gasteiger partial charge in [0.1, 0.15) is 0 Å². The molecule has 0 aliphatic carbocycles. The Kier molecular flexibility index (Phi) is 4.07. The zero-order valence-electron chi connectivity index (χ0n) is 11.8. The smallest absolute Gasteiger partial charge is 0.257 e. The summed E-state index contributed by atoms with van der Waals surface area (Å²) in [5, 5.41) is 11.5. The Morgan fingerprint density at radius 1 is 1.24 bits per heavy atom. The number of nitrogens with one attached hydrogen (secondary N) is 1. The van der Waals surface area contributed by atoms with Gasteiger partial charge in [0.2, 0.25) is 0 Å². The molecule has 0 bridgehead atoms. The zero-order chi connectivity index (χ0) is 14.5. The zero-order valence-corrected chi connectivity index (χ0v) is 11.8. The maximum Gasteiger partial charge on any atom is 0.257 e. The van der Waals surface area contributed by atoms with Gasteiger partial charge >= 0.3 is 0 Å². The highest BCUT2D eigenvalue weighted by molar-refractivity contribution is 5.51. The number of aromatic nitrogens is 4. The second-order valence-corrected chi connectivity index (χ2v) is 4.89. The lowest BCUT2D eigenvalue weighted by Crippen LogP contribution is -2.30. The Labute approximate surface area is 122 Å². The highest BCUT2D eigenvalue weighted by atomic mass is 16.5. The van der Waals surface area contributed by atoms with E-state index in [-0.39, 0.29) is 6.04 Å². The van der Waals surface area contributed by atoms with Crippen molar-refractivity contribution in [1.82, 2.24) is 25.2 Å². The SMILES string of the molecule is CC(Cn1cccn1)NCc1noc(-c2ccccc2)n1. The van der Waals surface area contributed by atoms with Crippen LogP contribution in [-0.4, -0.2) is 26.0 Å². The molecular weight excluding hydrogens is 266 g/mol. The van der Waals surface area contributed by atoms with Crippen LogP contribution >= 0.6 is 0 Å². The van der Waals surface area contributed by atoms with E-state index in [1.54, 1.807) is 6.20 Å². The number of hydrogen-bond donors (Lipinski definition) is 1. The van der Waals surface area contributed by atoms with Gasteiger partial charge in [-0.2, -0.15) is 10.1 Å². The molecule has 3 aromatic rings. The van der Waals surface area contributed by atoms with E-state index in [1.807, 2.05) is 47.3 Å². The average molecular weight is 283 g/mol. The van der Waals surface area contributed by atoms with E-state index in [9.17, 15) is 0 Å². The Morgan fingerprint density at radius 2 is 2.10 bits per heavy atom. The Bertz CT molecular complexity index is 662. The molecule has 0 amide bonds. The van der Waals surface area contributed by atoms with Gasteiger partial charge in [-0.25, -0.2) is 0 Å². The van der Waals surface area contributed by atoms with Crippen LogP contribution < -0.4 is 5.32 Å². The predicted molar refractivity (Wildman–Crippen MR) is 78.3 cm³/mol. The predicted octanol–water partition coefficient (Wildman–Crippen LogP) is 2.11. The van der Waals surface area contributed by atoms with E-state index in [1.165, 1.54) is 0 Å². The molecule has 0 aliphatic rings. The molecule has 0 aliphatic heterocycles. The maximum absolute atomic E-state index is 5.27. The van der Waals surface area contributed by atoms with Crippen molar-refractivity contribution in [3.05, 3.63) is 54.6 Å². The monoisotopic (exact) mass is 283 g/mol. The van der Waals surface area contributed by atoms with E-state index < -0.39 is 0 Å². The van der Waals surface area contributed by atoms with E-state index in [4.69, 9.17) is 4.52 Å². The maximum atomic E-state index is 5.27. The summed E-state index contributed by atoms with van der Waals surface area (Å²) in [6.07, 6.45) is 3.72. The molecule has 1 atom stereocenters. The molecule has 3 rings (SSSR count). The third-order valence-electron chi connectivity index (χ3n) is 3.12. The van der Waals surface area contributed by atoms with E-state index in [0.29, 0.717) is 18.3 Å². The van der Waals surface area contributed by atoms with Crippen molar-refractivity contribution in [3.8, 4) is 11.5 Å². The minimum absolute atomic E-state index is 0.267. The highest BCUT2D eigenvalue weighted by Gasteiger charge is 2.09. The van der Waals surface area contributed by atoms with Gasteiger partial charge in [-0.3, -0.25) is 4.68 Å². The molecule has 21 heavy (non-hydrogen) atoms. The van der Waals surface area contributed by atoms with Crippen LogP contribution in [0.5, 0.6) is 0 Å². The number of rotatable bonds is 6. The summed E-state index contributed by atoms with van der Waals surface area (Å²) < 4.78 is 7.16. The third-order valence-corrected chi connectivity index (χ3v) is 3.12. The van der Waals surface area contributed by atoms with Gasteiger partial charge in [-0.1, -0.05) is 23.4 Å². The van der Waals surface area contributed by atoms with Crippen LogP contribution in [0.3, 0.4) is 0 Å². The largest absolute Gasteiger partial charge is 0.334 e. The van der Waals surface area contributed by atoms with Gasteiger partial charge in [0, 0.05) is 24.0 Å². The van der Waals surface area contributed by atoms with Crippen molar-refractivity contribution in [2.24, 2.45) is 0 Å². The summed E-state index contributed by atoms with van der Waals surface area (Å²) in [7, 11) is 0. The molecule has 6 heteroatoms. The molecule has 0 radical (unpaired) electrons. The Balaban J connectivity index is 1.55. The van der Waals surface area contributed by atoms with Gasteiger partial charge in [0.25, 0.3) is 5.89 Å². The first-order valence-electron chi connectivity index (χ1n) is 6.90. The molecule has 1 unspecified atom stereocenters. The lowest BCUT2D eigenvalue weighted by molar-refractivity contribution is 0.407. The molecule has 1 aromatic carbocycles. The molecule has 0 saturated heterocycles. The van der Waals surface area contributed by atoms with Crippen LogP contribution in [0.15, 0.2) is 53.3 Å². The fourth-order valence-electron chi connectivity index (χ4n) is 2.04. The van der Waals surface area contributed by atoms with Crippen LogP contribution in [0.1, 0.15) is 12.7 Å². The Hall–Kier alpha value is -2.47. The summed E-state index contributed by atoms with van der Waals surface area (Å²) in [5.74, 6) is 1.20. The molecule has 0 saturated carbocycles. The Morgan fingerprint density at radius 3 is 2.86 bits per heavy atom. The van der Waals surface area contributed by atoms with Crippen molar-refractivity contribution < 1.29 is 4.52 Å². The first kappa shape index (κ1) is 13.5. The fourth-order valence-corrected chi connectivity index (χ4v) is 2.04. The van der Waals surface area contributed by atoms with Gasteiger partial charge in [0.15, 0.2) is 5.82 Å².